The van der Waals surface area contributed by atoms with Crippen LogP contribution in [0, 0.1) is 0 Å². The van der Waals surface area contributed by atoms with Crippen LogP contribution < -0.4 is 122 Å². The summed E-state index contributed by atoms with van der Waals surface area (Å²) in [5.41, 5.74) is 2.73. The van der Waals surface area contributed by atoms with Crippen LogP contribution in [0.1, 0.15) is 48.9 Å². The maximum atomic E-state index is 12.8. The van der Waals surface area contributed by atoms with Crippen LogP contribution in [-0.2, 0) is 23.9 Å². The molecule has 2 amide bonds. The molecule has 1 aromatic carbocycles. The number of allylic oxidation sites excluding steroid dienone is 2. The molecular formula is C23H29N3O6Rb2. The van der Waals surface area contributed by atoms with Gasteiger partial charge in [0, 0.05) is 49.9 Å². The maximum Gasteiger partial charge on any atom is 1.00 e. The van der Waals surface area contributed by atoms with Gasteiger partial charge in [-0.2, -0.15) is 0 Å². The Morgan fingerprint density at radius 1 is 1.00 bits per heavy atom. The van der Waals surface area contributed by atoms with E-state index in [-0.39, 0.29) is 142 Å². The van der Waals surface area contributed by atoms with Crippen LogP contribution in [0.5, 0.6) is 0 Å². The smallest absolute Gasteiger partial charge is 0.651 e. The maximum absolute atomic E-state index is 12.8. The molecular weight excluding hydrogens is 585 g/mol. The number of rotatable bonds is 14. The fourth-order valence-electron chi connectivity index (χ4n) is 3.29. The first kappa shape index (κ1) is 34.4. The summed E-state index contributed by atoms with van der Waals surface area (Å²) >= 11 is 0. The van der Waals surface area contributed by atoms with Crippen LogP contribution in [-0.4, -0.2) is 57.5 Å². The number of carbonyl (C=O) groups is 4. The van der Waals surface area contributed by atoms with Crippen molar-refractivity contribution in [2.75, 3.05) is 33.4 Å². The molecule has 34 heavy (non-hydrogen) atoms. The molecule has 0 atom stereocenters. The number of carbonyl (C=O) groups excluding carboxylic acids is 4. The molecule has 0 unspecified atom stereocenters. The van der Waals surface area contributed by atoms with Gasteiger partial charge in [-0.15, -0.1) is 12.2 Å². The number of nitrogens with zero attached hydrogens (tertiary/aromatic N) is 2. The Labute approximate surface area is 298 Å². The first-order chi connectivity index (χ1) is 15.5. The average molecular weight is 614 g/mol. The molecule has 0 bridgehead atoms. The third kappa shape index (κ3) is 13.1. The monoisotopic (exact) mass is 613 g/mol. The van der Waals surface area contributed by atoms with Gasteiger partial charge in [0.05, 0.1) is 18.4 Å². The van der Waals surface area contributed by atoms with E-state index >= 15 is 0 Å². The molecule has 0 heterocycles. The second-order valence-corrected chi connectivity index (χ2v) is 7.18. The molecule has 1 aromatic rings. The van der Waals surface area contributed by atoms with Gasteiger partial charge in [-0.25, -0.2) is 0 Å². The van der Waals surface area contributed by atoms with E-state index in [2.05, 4.69) is 20.7 Å². The van der Waals surface area contributed by atoms with E-state index in [1.807, 2.05) is 7.05 Å². The number of nitrogens with one attached hydrogen (secondary N) is 1. The molecule has 0 saturated heterocycles. The minimum atomic E-state index is -0.600. The number of amides is 2. The topological polar surface area (TPSA) is 127 Å². The minimum Gasteiger partial charge on any atom is -0.651 e. The van der Waals surface area contributed by atoms with Gasteiger partial charge in [-0.3, -0.25) is 9.59 Å². The van der Waals surface area contributed by atoms with E-state index in [0.29, 0.717) is 30.8 Å². The Balaban J connectivity index is 0.00000544. The summed E-state index contributed by atoms with van der Waals surface area (Å²) in [6.07, 6.45) is 3.83. The number of hydrogen-bond donors (Lipinski definition) is 1. The van der Waals surface area contributed by atoms with Crippen molar-refractivity contribution in [3.63, 3.8) is 0 Å². The zero-order valence-corrected chi connectivity index (χ0v) is 30.1. The van der Waals surface area contributed by atoms with Gasteiger partial charge in [0.25, 0.3) is 6.47 Å². The molecule has 0 saturated carbocycles. The minimum absolute atomic E-state index is 0. The van der Waals surface area contributed by atoms with Crippen molar-refractivity contribution in [2.24, 2.45) is 0 Å². The van der Waals surface area contributed by atoms with Gasteiger partial charge >= 0.3 is 116 Å². The first-order valence-corrected chi connectivity index (χ1v) is 10.7. The largest absolute Gasteiger partial charge is 1.00 e. The van der Waals surface area contributed by atoms with Crippen LogP contribution in [0.3, 0.4) is 0 Å². The predicted molar refractivity (Wildman–Crippen MR) is 119 cm³/mol. The number of hydrogen-bond acceptors (Lipinski definition) is 7. The van der Waals surface area contributed by atoms with Crippen molar-refractivity contribution in [2.45, 2.75) is 38.5 Å². The standard InChI is InChI=1S/C23H31N3O6.2Rb/c1-24-20-6-3-2-5-19(20)23(30)17-7-9-18(10-8-17)26-22(29)15-21(28)25-11-14-31-12-4-13-32-16-27;;/h7-10,16H,2-6,11-15H2,1H3,(H3,24,25,26,28,29,30);;/q;2*+1/p-2. The number of ketones is 1. The molecule has 1 N–H and O–H groups in total. The van der Waals surface area contributed by atoms with Gasteiger partial charge in [0.1, 0.15) is 0 Å². The van der Waals surface area contributed by atoms with Crippen molar-refractivity contribution < 1.29 is 145 Å². The van der Waals surface area contributed by atoms with Crippen molar-refractivity contribution >= 4 is 29.8 Å². The molecule has 9 nitrogen and oxygen atoms in total. The third-order valence-corrected chi connectivity index (χ3v) is 4.87. The molecule has 0 fully saturated rings. The quantitative estimate of drug-likeness (QED) is 0.105. The zero-order chi connectivity index (χ0) is 23.2. The van der Waals surface area contributed by atoms with Crippen LogP contribution in [0.4, 0.5) is 5.69 Å². The van der Waals surface area contributed by atoms with E-state index in [1.54, 1.807) is 24.3 Å². The number of Topliss-reactive ketones (excluding diaryl/α,β-unsaturated/α-hetero) is 1. The van der Waals surface area contributed by atoms with Crippen LogP contribution in [0.15, 0.2) is 35.5 Å². The van der Waals surface area contributed by atoms with Crippen LogP contribution >= 0.6 is 0 Å². The molecule has 0 radical (unpaired) electrons. The Bertz CT molecular complexity index is 830. The van der Waals surface area contributed by atoms with Crippen molar-refractivity contribution in [1.82, 2.24) is 5.32 Å². The summed E-state index contributed by atoms with van der Waals surface area (Å²) in [6, 6.07) is 6.48. The Morgan fingerprint density at radius 2 is 1.71 bits per heavy atom. The second-order valence-electron chi connectivity index (χ2n) is 7.18. The van der Waals surface area contributed by atoms with Gasteiger partial charge < -0.3 is 35.0 Å². The molecule has 174 valence electrons. The van der Waals surface area contributed by atoms with E-state index < -0.39 is 18.2 Å². The molecule has 0 aromatic heterocycles. The van der Waals surface area contributed by atoms with Crippen LogP contribution in [0.2, 0.25) is 0 Å². The van der Waals surface area contributed by atoms with Crippen molar-refractivity contribution in [1.29, 1.82) is 0 Å². The molecule has 1 aliphatic rings. The van der Waals surface area contributed by atoms with Gasteiger partial charge in [0.2, 0.25) is 0 Å². The molecule has 2 rings (SSSR count). The molecule has 0 spiro atoms. The number of ether oxygens (including phenoxy) is 2. The van der Waals surface area contributed by atoms with E-state index in [9.17, 15) is 19.2 Å². The predicted octanol–water partition coefficient (Wildman–Crippen LogP) is -2.67. The first-order valence-electron chi connectivity index (χ1n) is 10.7. The fourth-order valence-corrected chi connectivity index (χ4v) is 3.29. The summed E-state index contributed by atoms with van der Waals surface area (Å²) in [4.78, 5) is 46.5. The Hall–Kier alpha value is 0.410. The van der Waals surface area contributed by atoms with Crippen molar-refractivity contribution in [3.05, 3.63) is 51.7 Å². The van der Waals surface area contributed by atoms with Crippen molar-refractivity contribution in [3.8, 4) is 0 Å². The van der Waals surface area contributed by atoms with Crippen LogP contribution in [0.25, 0.3) is 10.6 Å². The third-order valence-electron chi connectivity index (χ3n) is 4.87. The number of benzene rings is 1. The zero-order valence-electron chi connectivity index (χ0n) is 20.3. The van der Waals surface area contributed by atoms with Gasteiger partial charge in [0.15, 0.2) is 5.78 Å². The van der Waals surface area contributed by atoms with E-state index in [1.165, 1.54) is 0 Å². The Kier molecular flexibility index (Phi) is 20.7. The van der Waals surface area contributed by atoms with E-state index in [0.717, 1.165) is 37.0 Å². The SMILES string of the molecule is CNC1=C(C(=O)c2ccc([N-]C(=O)CC(=O)[N-]CCOCCCOC=O)cc2)CCCC1.[Rb+].[Rb+]. The summed E-state index contributed by atoms with van der Waals surface area (Å²) in [5, 5.41) is 10.8. The van der Waals surface area contributed by atoms with E-state index in [4.69, 9.17) is 4.74 Å². The summed E-state index contributed by atoms with van der Waals surface area (Å²) in [7, 11) is 1.83. The second kappa shape index (κ2) is 20.5. The normalized spacial score (nSPS) is 12.5. The fraction of sp³-hybridized carbons (Fsp3) is 0.478. The Morgan fingerprint density at radius 3 is 2.38 bits per heavy atom. The summed E-state index contributed by atoms with van der Waals surface area (Å²) in [6.45, 7) is 1.41. The summed E-state index contributed by atoms with van der Waals surface area (Å²) < 4.78 is 9.75. The molecule has 1 aliphatic carbocycles. The van der Waals surface area contributed by atoms with Gasteiger partial charge in [-0.1, -0.05) is 24.3 Å². The molecule has 11 heteroatoms. The summed E-state index contributed by atoms with van der Waals surface area (Å²) in [5.74, 6) is -1.18. The van der Waals surface area contributed by atoms with Gasteiger partial charge in [-0.05, 0) is 25.7 Å². The molecule has 0 aliphatic heterocycles. The average Bonchev–Trinajstić information content (AvgIpc) is 2.80.